The number of urea groups is 1. The van der Waals surface area contributed by atoms with Crippen LogP contribution in [-0.4, -0.2) is 36.9 Å². The lowest BCUT2D eigenvalue weighted by molar-refractivity contribution is 0.0501. The average molecular weight is 306 g/mol. The van der Waals surface area contributed by atoms with Gasteiger partial charge in [0.15, 0.2) is 0 Å². The molecule has 3 N–H and O–H groups in total. The van der Waals surface area contributed by atoms with Crippen LogP contribution in [-0.2, 0) is 6.42 Å². The SMILES string of the molecule is COc1ccc(CCCNC(=O)NCC2(O)CCCC2)cc1. The van der Waals surface area contributed by atoms with Gasteiger partial charge in [-0.3, -0.25) is 0 Å². The van der Waals surface area contributed by atoms with E-state index in [1.165, 1.54) is 5.56 Å². The Labute approximate surface area is 132 Å². The van der Waals surface area contributed by atoms with Crippen LogP contribution < -0.4 is 15.4 Å². The number of nitrogens with one attached hydrogen (secondary N) is 2. The summed E-state index contributed by atoms with van der Waals surface area (Å²) >= 11 is 0. The van der Waals surface area contributed by atoms with Crippen molar-refractivity contribution in [1.29, 1.82) is 0 Å². The summed E-state index contributed by atoms with van der Waals surface area (Å²) in [6.07, 6.45) is 5.44. The standard InChI is InChI=1S/C17H26N2O3/c1-22-15-8-6-14(7-9-15)5-4-12-18-16(20)19-13-17(21)10-2-3-11-17/h6-9,21H,2-5,10-13H2,1H3,(H2,18,19,20). The summed E-state index contributed by atoms with van der Waals surface area (Å²) in [4.78, 5) is 11.7. The zero-order valence-corrected chi connectivity index (χ0v) is 13.2. The fourth-order valence-electron chi connectivity index (χ4n) is 2.80. The van der Waals surface area contributed by atoms with E-state index in [9.17, 15) is 9.90 Å². The average Bonchev–Trinajstić information content (AvgIpc) is 2.97. The van der Waals surface area contributed by atoms with Gasteiger partial charge in [0, 0.05) is 13.1 Å². The summed E-state index contributed by atoms with van der Waals surface area (Å²) in [6.45, 7) is 0.966. The van der Waals surface area contributed by atoms with Gasteiger partial charge in [-0.2, -0.15) is 0 Å². The number of aryl methyl sites for hydroxylation is 1. The molecular weight excluding hydrogens is 280 g/mol. The molecule has 5 heteroatoms. The molecule has 0 spiro atoms. The fraction of sp³-hybridized carbons (Fsp3) is 0.588. The lowest BCUT2D eigenvalue weighted by Crippen LogP contribution is -2.45. The lowest BCUT2D eigenvalue weighted by Gasteiger charge is -2.22. The smallest absolute Gasteiger partial charge is 0.314 e. The molecule has 22 heavy (non-hydrogen) atoms. The number of carbonyl (C=O) groups excluding carboxylic acids is 1. The monoisotopic (exact) mass is 306 g/mol. The van der Waals surface area contributed by atoms with Crippen molar-refractivity contribution in [2.75, 3.05) is 20.2 Å². The number of aliphatic hydroxyl groups is 1. The second-order valence-corrected chi connectivity index (χ2v) is 5.99. The van der Waals surface area contributed by atoms with Crippen LogP contribution in [0.25, 0.3) is 0 Å². The zero-order chi connectivity index (χ0) is 15.8. The number of hydrogen-bond donors (Lipinski definition) is 3. The van der Waals surface area contributed by atoms with Crippen LogP contribution in [0.3, 0.4) is 0 Å². The van der Waals surface area contributed by atoms with Crippen LogP contribution in [0.4, 0.5) is 4.79 Å². The first-order valence-electron chi connectivity index (χ1n) is 7.98. The first-order valence-corrected chi connectivity index (χ1v) is 7.98. The third-order valence-electron chi connectivity index (χ3n) is 4.20. The van der Waals surface area contributed by atoms with E-state index in [0.29, 0.717) is 13.1 Å². The van der Waals surface area contributed by atoms with Gasteiger partial charge >= 0.3 is 6.03 Å². The van der Waals surface area contributed by atoms with Crippen molar-refractivity contribution < 1.29 is 14.6 Å². The summed E-state index contributed by atoms with van der Waals surface area (Å²) in [5.41, 5.74) is 0.531. The summed E-state index contributed by atoms with van der Waals surface area (Å²) in [5, 5.41) is 15.7. The lowest BCUT2D eigenvalue weighted by atomic mass is 10.0. The minimum atomic E-state index is -0.694. The van der Waals surface area contributed by atoms with E-state index >= 15 is 0 Å². The molecule has 0 saturated heterocycles. The van der Waals surface area contributed by atoms with Crippen LogP contribution in [0.1, 0.15) is 37.7 Å². The highest BCUT2D eigenvalue weighted by molar-refractivity contribution is 5.73. The number of ether oxygens (including phenoxy) is 1. The zero-order valence-electron chi connectivity index (χ0n) is 13.2. The maximum absolute atomic E-state index is 11.7. The normalized spacial score (nSPS) is 16.3. The van der Waals surface area contributed by atoms with E-state index in [1.807, 2.05) is 24.3 Å². The highest BCUT2D eigenvalue weighted by Crippen LogP contribution is 2.28. The third-order valence-corrected chi connectivity index (χ3v) is 4.20. The van der Waals surface area contributed by atoms with Gasteiger partial charge in [-0.15, -0.1) is 0 Å². The molecule has 0 aliphatic heterocycles. The first-order chi connectivity index (χ1) is 10.6. The van der Waals surface area contributed by atoms with Crippen LogP contribution in [0, 0.1) is 0 Å². The topological polar surface area (TPSA) is 70.6 Å². The molecule has 0 aromatic heterocycles. The van der Waals surface area contributed by atoms with Crippen molar-refractivity contribution in [3.63, 3.8) is 0 Å². The van der Waals surface area contributed by atoms with Crippen molar-refractivity contribution in [1.82, 2.24) is 10.6 Å². The molecule has 1 aliphatic carbocycles. The predicted molar refractivity (Wildman–Crippen MR) is 86.1 cm³/mol. The quantitative estimate of drug-likeness (QED) is 0.677. The molecule has 0 heterocycles. The molecule has 0 bridgehead atoms. The molecule has 122 valence electrons. The summed E-state index contributed by atoms with van der Waals surface area (Å²) in [6, 6.07) is 7.76. The molecule has 1 aromatic carbocycles. The number of rotatable bonds is 7. The van der Waals surface area contributed by atoms with E-state index in [2.05, 4.69) is 10.6 Å². The number of hydrogen-bond acceptors (Lipinski definition) is 3. The molecular formula is C17H26N2O3. The maximum atomic E-state index is 11.7. The fourth-order valence-corrected chi connectivity index (χ4v) is 2.80. The van der Waals surface area contributed by atoms with Crippen molar-refractivity contribution in [3.05, 3.63) is 29.8 Å². The Morgan fingerprint density at radius 1 is 1.23 bits per heavy atom. The summed E-state index contributed by atoms with van der Waals surface area (Å²) in [5.74, 6) is 0.853. The Hall–Kier alpha value is -1.75. The number of benzene rings is 1. The van der Waals surface area contributed by atoms with Crippen molar-refractivity contribution in [2.24, 2.45) is 0 Å². The van der Waals surface area contributed by atoms with E-state index in [0.717, 1.165) is 44.3 Å². The summed E-state index contributed by atoms with van der Waals surface area (Å²) in [7, 11) is 1.65. The van der Waals surface area contributed by atoms with Gasteiger partial charge < -0.3 is 20.5 Å². The van der Waals surface area contributed by atoms with Crippen molar-refractivity contribution in [3.8, 4) is 5.75 Å². The molecule has 5 nitrogen and oxygen atoms in total. The molecule has 1 saturated carbocycles. The minimum absolute atomic E-state index is 0.199. The number of amides is 2. The maximum Gasteiger partial charge on any atom is 0.314 e. The molecule has 2 amide bonds. The van der Waals surface area contributed by atoms with Crippen LogP contribution >= 0.6 is 0 Å². The molecule has 1 fully saturated rings. The Balaban J connectivity index is 1.58. The molecule has 1 aromatic rings. The van der Waals surface area contributed by atoms with Gasteiger partial charge in [0.1, 0.15) is 5.75 Å². The second kappa shape index (κ2) is 8.03. The third kappa shape index (κ3) is 5.22. The minimum Gasteiger partial charge on any atom is -0.497 e. The van der Waals surface area contributed by atoms with Gasteiger partial charge in [0.25, 0.3) is 0 Å². The van der Waals surface area contributed by atoms with Crippen LogP contribution in [0.2, 0.25) is 0 Å². The van der Waals surface area contributed by atoms with E-state index in [4.69, 9.17) is 4.74 Å². The predicted octanol–water partition coefficient (Wildman–Crippen LogP) is 2.23. The van der Waals surface area contributed by atoms with Gasteiger partial charge in [-0.05, 0) is 43.4 Å². The Kier molecular flexibility index (Phi) is 6.07. The van der Waals surface area contributed by atoms with Gasteiger partial charge in [-0.25, -0.2) is 4.79 Å². The van der Waals surface area contributed by atoms with Gasteiger partial charge in [0.05, 0.1) is 12.7 Å². The number of methoxy groups -OCH3 is 1. The van der Waals surface area contributed by atoms with Crippen molar-refractivity contribution in [2.45, 2.75) is 44.1 Å². The van der Waals surface area contributed by atoms with Gasteiger partial charge in [-0.1, -0.05) is 25.0 Å². The Morgan fingerprint density at radius 2 is 1.91 bits per heavy atom. The molecule has 0 unspecified atom stereocenters. The molecule has 0 atom stereocenters. The molecule has 2 rings (SSSR count). The Bertz CT molecular complexity index is 467. The Morgan fingerprint density at radius 3 is 2.55 bits per heavy atom. The van der Waals surface area contributed by atoms with E-state index in [1.54, 1.807) is 7.11 Å². The first kappa shape index (κ1) is 16.6. The van der Waals surface area contributed by atoms with E-state index < -0.39 is 5.60 Å². The summed E-state index contributed by atoms with van der Waals surface area (Å²) < 4.78 is 5.12. The second-order valence-electron chi connectivity index (χ2n) is 5.99. The van der Waals surface area contributed by atoms with Crippen LogP contribution in [0.5, 0.6) is 5.75 Å². The van der Waals surface area contributed by atoms with E-state index in [-0.39, 0.29) is 6.03 Å². The number of carbonyl (C=O) groups is 1. The van der Waals surface area contributed by atoms with Crippen LogP contribution in [0.15, 0.2) is 24.3 Å². The molecule has 0 radical (unpaired) electrons. The highest BCUT2D eigenvalue weighted by atomic mass is 16.5. The highest BCUT2D eigenvalue weighted by Gasteiger charge is 2.31. The van der Waals surface area contributed by atoms with Gasteiger partial charge in [0.2, 0.25) is 0 Å². The molecule has 1 aliphatic rings. The largest absolute Gasteiger partial charge is 0.497 e. The van der Waals surface area contributed by atoms with Crippen molar-refractivity contribution >= 4 is 6.03 Å².